The molecule has 0 saturated heterocycles. The highest BCUT2D eigenvalue weighted by atomic mass is 79.9. The fourth-order valence-electron chi connectivity index (χ4n) is 1.97. The minimum absolute atomic E-state index is 0.136. The molecule has 0 aliphatic carbocycles. The Morgan fingerprint density at radius 2 is 2.10 bits per heavy atom. The van der Waals surface area contributed by atoms with Crippen LogP contribution in [0.5, 0.6) is 0 Å². The van der Waals surface area contributed by atoms with Crippen molar-refractivity contribution < 1.29 is 4.79 Å². The van der Waals surface area contributed by atoms with Crippen molar-refractivity contribution in [2.75, 3.05) is 5.32 Å². The summed E-state index contributed by atoms with van der Waals surface area (Å²) in [5.74, 6) is -0.136. The number of aryl methyl sites for hydroxylation is 3. The second kappa shape index (κ2) is 6.22. The molecule has 0 aliphatic rings. The first-order chi connectivity index (χ1) is 9.55. The van der Waals surface area contributed by atoms with Crippen LogP contribution in [0.4, 0.5) is 5.69 Å². The number of carbonyl (C=O) groups excluding carboxylic acids is 1. The summed E-state index contributed by atoms with van der Waals surface area (Å²) in [6.45, 7) is 6.69. The molecule has 1 aromatic heterocycles. The van der Waals surface area contributed by atoms with E-state index in [-0.39, 0.29) is 5.91 Å². The maximum absolute atomic E-state index is 12.4. The molecule has 5 heteroatoms. The topological polar surface area (TPSA) is 46.9 Å². The zero-order chi connectivity index (χ0) is 14.7. The van der Waals surface area contributed by atoms with Crippen LogP contribution < -0.4 is 5.32 Å². The lowest BCUT2D eigenvalue weighted by atomic mass is 10.2. The van der Waals surface area contributed by atoms with Gasteiger partial charge in [0, 0.05) is 11.0 Å². The third kappa shape index (κ3) is 3.10. The molecule has 0 atom stereocenters. The van der Waals surface area contributed by atoms with Crippen LogP contribution in [-0.4, -0.2) is 15.7 Å². The van der Waals surface area contributed by atoms with Crippen molar-refractivity contribution in [3.8, 4) is 0 Å². The number of halogens is 1. The number of hydrogen-bond donors (Lipinski definition) is 1. The van der Waals surface area contributed by atoms with Crippen LogP contribution in [-0.2, 0) is 13.0 Å². The average molecular weight is 336 g/mol. The standard InChI is InChI=1S/C15H18BrN3O/c1-4-11-9-14(19(5-2)18-11)15(20)17-13-7-6-10(3)8-12(13)16/h6-9H,4-5H2,1-3H3,(H,17,20). The van der Waals surface area contributed by atoms with Crippen molar-refractivity contribution in [2.24, 2.45) is 0 Å². The second-order valence-corrected chi connectivity index (χ2v) is 5.48. The molecule has 1 aromatic carbocycles. The van der Waals surface area contributed by atoms with Crippen LogP contribution in [0.15, 0.2) is 28.7 Å². The van der Waals surface area contributed by atoms with Gasteiger partial charge in [0.15, 0.2) is 0 Å². The summed E-state index contributed by atoms with van der Waals surface area (Å²) in [7, 11) is 0. The second-order valence-electron chi connectivity index (χ2n) is 4.63. The van der Waals surface area contributed by atoms with Crippen molar-refractivity contribution in [2.45, 2.75) is 33.7 Å². The summed E-state index contributed by atoms with van der Waals surface area (Å²) >= 11 is 3.47. The average Bonchev–Trinajstić information content (AvgIpc) is 2.85. The minimum atomic E-state index is -0.136. The van der Waals surface area contributed by atoms with E-state index in [1.807, 2.05) is 45.0 Å². The molecule has 106 valence electrons. The van der Waals surface area contributed by atoms with E-state index in [0.29, 0.717) is 12.2 Å². The van der Waals surface area contributed by atoms with Crippen molar-refractivity contribution >= 4 is 27.5 Å². The molecular weight excluding hydrogens is 318 g/mol. The van der Waals surface area contributed by atoms with E-state index in [2.05, 4.69) is 26.3 Å². The normalized spacial score (nSPS) is 10.6. The van der Waals surface area contributed by atoms with Gasteiger partial charge in [-0.25, -0.2) is 0 Å². The number of nitrogens with one attached hydrogen (secondary N) is 1. The molecule has 2 aromatic rings. The van der Waals surface area contributed by atoms with Crippen LogP contribution in [0.2, 0.25) is 0 Å². The molecule has 1 heterocycles. The van der Waals surface area contributed by atoms with E-state index < -0.39 is 0 Å². The predicted octanol–water partition coefficient (Wildman–Crippen LogP) is 3.79. The van der Waals surface area contributed by atoms with Crippen molar-refractivity contribution in [3.63, 3.8) is 0 Å². The molecule has 0 unspecified atom stereocenters. The highest BCUT2D eigenvalue weighted by molar-refractivity contribution is 9.10. The zero-order valence-corrected chi connectivity index (χ0v) is 13.5. The Labute approximate surface area is 127 Å². The first-order valence-corrected chi connectivity index (χ1v) is 7.48. The van der Waals surface area contributed by atoms with Crippen molar-refractivity contribution in [1.82, 2.24) is 9.78 Å². The molecule has 0 fully saturated rings. The third-order valence-electron chi connectivity index (χ3n) is 3.10. The van der Waals surface area contributed by atoms with Gasteiger partial charge in [0.05, 0.1) is 11.4 Å². The molecule has 0 aliphatic heterocycles. The molecule has 0 saturated carbocycles. The number of benzene rings is 1. The lowest BCUT2D eigenvalue weighted by Crippen LogP contribution is -2.17. The number of rotatable bonds is 4. The molecule has 0 radical (unpaired) electrons. The highest BCUT2D eigenvalue weighted by Crippen LogP contribution is 2.24. The minimum Gasteiger partial charge on any atom is -0.320 e. The van der Waals surface area contributed by atoms with E-state index >= 15 is 0 Å². The first kappa shape index (κ1) is 14.8. The molecule has 1 amide bonds. The smallest absolute Gasteiger partial charge is 0.273 e. The van der Waals surface area contributed by atoms with E-state index in [0.717, 1.165) is 27.8 Å². The van der Waals surface area contributed by atoms with E-state index in [4.69, 9.17) is 0 Å². The Balaban J connectivity index is 2.25. The van der Waals surface area contributed by atoms with E-state index in [1.165, 1.54) is 0 Å². The summed E-state index contributed by atoms with van der Waals surface area (Å²) in [5.41, 5.74) is 3.43. The highest BCUT2D eigenvalue weighted by Gasteiger charge is 2.15. The molecule has 1 N–H and O–H groups in total. The Kier molecular flexibility index (Phi) is 4.60. The van der Waals surface area contributed by atoms with Gasteiger partial charge in [-0.05, 0) is 60.0 Å². The molecule has 2 rings (SSSR count). The van der Waals surface area contributed by atoms with Gasteiger partial charge < -0.3 is 5.32 Å². The lowest BCUT2D eigenvalue weighted by Gasteiger charge is -2.09. The summed E-state index contributed by atoms with van der Waals surface area (Å²) in [5, 5.41) is 7.31. The lowest BCUT2D eigenvalue weighted by molar-refractivity contribution is 0.101. The quantitative estimate of drug-likeness (QED) is 0.923. The van der Waals surface area contributed by atoms with Crippen LogP contribution in [0.3, 0.4) is 0 Å². The Hall–Kier alpha value is -1.62. The maximum Gasteiger partial charge on any atom is 0.273 e. The van der Waals surface area contributed by atoms with Gasteiger partial charge in [-0.15, -0.1) is 0 Å². The van der Waals surface area contributed by atoms with Crippen molar-refractivity contribution in [3.05, 3.63) is 45.7 Å². The Morgan fingerprint density at radius 1 is 1.35 bits per heavy atom. The van der Waals surface area contributed by atoms with Gasteiger partial charge in [-0.1, -0.05) is 13.0 Å². The summed E-state index contributed by atoms with van der Waals surface area (Å²) in [6, 6.07) is 7.69. The predicted molar refractivity (Wildman–Crippen MR) is 84.1 cm³/mol. The van der Waals surface area contributed by atoms with E-state index in [1.54, 1.807) is 4.68 Å². The van der Waals surface area contributed by atoms with Crippen LogP contribution in [0.25, 0.3) is 0 Å². The molecule has 4 nitrogen and oxygen atoms in total. The largest absolute Gasteiger partial charge is 0.320 e. The van der Waals surface area contributed by atoms with Gasteiger partial charge in [0.1, 0.15) is 5.69 Å². The first-order valence-electron chi connectivity index (χ1n) is 6.69. The number of nitrogens with zero attached hydrogens (tertiary/aromatic N) is 2. The Bertz CT molecular complexity index is 634. The van der Waals surface area contributed by atoms with Gasteiger partial charge in [0.2, 0.25) is 0 Å². The van der Waals surface area contributed by atoms with E-state index in [9.17, 15) is 4.79 Å². The summed E-state index contributed by atoms with van der Waals surface area (Å²) in [6.07, 6.45) is 0.821. The van der Waals surface area contributed by atoms with Crippen LogP contribution in [0, 0.1) is 6.92 Å². The van der Waals surface area contributed by atoms with Crippen molar-refractivity contribution in [1.29, 1.82) is 0 Å². The summed E-state index contributed by atoms with van der Waals surface area (Å²) in [4.78, 5) is 12.4. The van der Waals surface area contributed by atoms with Gasteiger partial charge >= 0.3 is 0 Å². The Morgan fingerprint density at radius 3 is 2.70 bits per heavy atom. The number of amides is 1. The number of aromatic nitrogens is 2. The van der Waals surface area contributed by atoms with Crippen LogP contribution in [0.1, 0.15) is 35.6 Å². The molecular formula is C15H18BrN3O. The maximum atomic E-state index is 12.4. The van der Waals surface area contributed by atoms with Gasteiger partial charge in [-0.2, -0.15) is 5.10 Å². The zero-order valence-electron chi connectivity index (χ0n) is 11.9. The molecule has 0 bridgehead atoms. The fraction of sp³-hybridized carbons (Fsp3) is 0.333. The van der Waals surface area contributed by atoms with Gasteiger partial charge in [-0.3, -0.25) is 9.48 Å². The van der Waals surface area contributed by atoms with Gasteiger partial charge in [0.25, 0.3) is 5.91 Å². The van der Waals surface area contributed by atoms with Crippen LogP contribution >= 0.6 is 15.9 Å². The molecule has 20 heavy (non-hydrogen) atoms. The third-order valence-corrected chi connectivity index (χ3v) is 3.75. The number of anilines is 1. The monoisotopic (exact) mass is 335 g/mol. The fourth-order valence-corrected chi connectivity index (χ4v) is 2.57. The number of carbonyl (C=O) groups is 1. The molecule has 0 spiro atoms. The summed E-state index contributed by atoms with van der Waals surface area (Å²) < 4.78 is 2.61. The number of hydrogen-bond acceptors (Lipinski definition) is 2. The SMILES string of the molecule is CCc1cc(C(=O)Nc2ccc(C)cc2Br)n(CC)n1.